The molecule has 2 aromatic rings. The van der Waals surface area contributed by atoms with E-state index >= 15 is 0 Å². The van der Waals surface area contributed by atoms with Crippen molar-refractivity contribution in [2.75, 3.05) is 5.32 Å². The Kier molecular flexibility index (Phi) is 3.34. The molecule has 1 heterocycles. The number of ether oxygens (including phenoxy) is 1. The molecule has 0 saturated carbocycles. The summed E-state index contributed by atoms with van der Waals surface area (Å²) in [4.78, 5) is 0. The summed E-state index contributed by atoms with van der Waals surface area (Å²) >= 11 is 5.96. The van der Waals surface area contributed by atoms with Gasteiger partial charge in [0.2, 0.25) is 0 Å². The molecule has 0 amide bonds. The minimum atomic E-state index is 0.297. The predicted octanol–water partition coefficient (Wildman–Crippen LogP) is 4.28. The highest BCUT2D eigenvalue weighted by molar-refractivity contribution is 6.30. The average Bonchev–Trinajstić information content (AvgIpc) is 2.75. The Balaban J connectivity index is 1.70. The zero-order valence-electron chi connectivity index (χ0n) is 10.8. The zero-order valence-corrected chi connectivity index (χ0v) is 11.6. The van der Waals surface area contributed by atoms with Gasteiger partial charge in [-0.2, -0.15) is 0 Å². The van der Waals surface area contributed by atoms with E-state index in [4.69, 9.17) is 16.3 Å². The summed E-state index contributed by atoms with van der Waals surface area (Å²) < 4.78 is 5.70. The maximum absolute atomic E-state index is 5.96. The van der Waals surface area contributed by atoms with Crippen LogP contribution in [0.3, 0.4) is 0 Å². The van der Waals surface area contributed by atoms with E-state index in [1.54, 1.807) is 0 Å². The van der Waals surface area contributed by atoms with Gasteiger partial charge in [-0.15, -0.1) is 0 Å². The summed E-state index contributed by atoms with van der Waals surface area (Å²) in [7, 11) is 0. The predicted molar refractivity (Wildman–Crippen MR) is 79.0 cm³/mol. The van der Waals surface area contributed by atoms with Gasteiger partial charge in [-0.1, -0.05) is 29.8 Å². The maximum atomic E-state index is 5.96. The van der Waals surface area contributed by atoms with Crippen LogP contribution >= 0.6 is 11.6 Å². The van der Waals surface area contributed by atoms with Crippen molar-refractivity contribution >= 4 is 17.3 Å². The molecule has 0 fully saturated rings. The van der Waals surface area contributed by atoms with Crippen molar-refractivity contribution in [3.05, 3.63) is 58.6 Å². The van der Waals surface area contributed by atoms with Gasteiger partial charge >= 0.3 is 0 Å². The molecule has 0 bridgehead atoms. The molecular formula is C16H16ClNO. The van der Waals surface area contributed by atoms with Crippen molar-refractivity contribution < 1.29 is 4.74 Å². The third-order valence-corrected chi connectivity index (χ3v) is 3.52. The number of hydrogen-bond donors (Lipinski definition) is 1. The fourth-order valence-electron chi connectivity index (χ4n) is 2.39. The summed E-state index contributed by atoms with van der Waals surface area (Å²) in [5.74, 6) is 1.03. The third kappa shape index (κ3) is 2.85. The molecule has 2 aromatic carbocycles. The van der Waals surface area contributed by atoms with Crippen molar-refractivity contribution in [2.45, 2.75) is 26.0 Å². The van der Waals surface area contributed by atoms with E-state index in [1.807, 2.05) is 24.3 Å². The van der Waals surface area contributed by atoms with Gasteiger partial charge in [0.05, 0.1) is 0 Å². The van der Waals surface area contributed by atoms with E-state index in [0.717, 1.165) is 29.4 Å². The van der Waals surface area contributed by atoms with Gasteiger partial charge in [0.15, 0.2) is 0 Å². The van der Waals surface area contributed by atoms with Crippen LogP contribution in [-0.2, 0) is 13.0 Å². The Morgan fingerprint density at radius 1 is 1.26 bits per heavy atom. The van der Waals surface area contributed by atoms with Crippen LogP contribution in [0.25, 0.3) is 0 Å². The second-order valence-electron chi connectivity index (χ2n) is 4.94. The van der Waals surface area contributed by atoms with Gasteiger partial charge < -0.3 is 10.1 Å². The van der Waals surface area contributed by atoms with Crippen LogP contribution in [0, 0.1) is 0 Å². The van der Waals surface area contributed by atoms with Gasteiger partial charge in [0, 0.05) is 23.7 Å². The molecule has 1 aliphatic heterocycles. The van der Waals surface area contributed by atoms with Crippen LogP contribution in [0.15, 0.2) is 42.5 Å². The smallest absolute Gasteiger partial charge is 0.123 e. The third-order valence-electron chi connectivity index (χ3n) is 3.28. The monoisotopic (exact) mass is 273 g/mol. The zero-order chi connectivity index (χ0) is 13.2. The highest BCUT2D eigenvalue weighted by Gasteiger charge is 2.18. The number of fused-ring (bicyclic) bond motifs is 1. The van der Waals surface area contributed by atoms with E-state index < -0.39 is 0 Å². The molecule has 0 spiro atoms. The molecule has 1 atom stereocenters. The van der Waals surface area contributed by atoms with Crippen molar-refractivity contribution in [3.8, 4) is 5.75 Å². The van der Waals surface area contributed by atoms with Crippen LogP contribution in [-0.4, -0.2) is 6.10 Å². The molecule has 0 unspecified atom stereocenters. The lowest BCUT2D eigenvalue weighted by Gasteiger charge is -2.08. The number of nitrogens with one attached hydrogen (secondary N) is 1. The van der Waals surface area contributed by atoms with Gasteiger partial charge in [0.1, 0.15) is 11.9 Å². The number of anilines is 1. The highest BCUT2D eigenvalue weighted by Crippen LogP contribution is 2.29. The Morgan fingerprint density at radius 3 is 3.00 bits per heavy atom. The number of halogens is 1. The number of rotatable bonds is 3. The number of hydrogen-bond acceptors (Lipinski definition) is 2. The van der Waals surface area contributed by atoms with Crippen LogP contribution < -0.4 is 10.1 Å². The van der Waals surface area contributed by atoms with E-state index in [1.165, 1.54) is 11.1 Å². The lowest BCUT2D eigenvalue weighted by molar-refractivity contribution is 0.254. The molecule has 3 heteroatoms. The Labute approximate surface area is 118 Å². The second-order valence-corrected chi connectivity index (χ2v) is 5.38. The second kappa shape index (κ2) is 5.14. The molecule has 2 nitrogen and oxygen atoms in total. The largest absolute Gasteiger partial charge is 0.490 e. The number of benzene rings is 2. The summed E-state index contributed by atoms with van der Waals surface area (Å²) in [6, 6.07) is 14.2. The Hall–Kier alpha value is -1.67. The van der Waals surface area contributed by atoms with E-state index in [9.17, 15) is 0 Å². The maximum Gasteiger partial charge on any atom is 0.123 e. The van der Waals surface area contributed by atoms with Gasteiger partial charge in [-0.3, -0.25) is 0 Å². The van der Waals surface area contributed by atoms with Crippen LogP contribution in [0.2, 0.25) is 5.02 Å². The van der Waals surface area contributed by atoms with Crippen molar-refractivity contribution in [3.63, 3.8) is 0 Å². The lowest BCUT2D eigenvalue weighted by Crippen LogP contribution is -2.05. The van der Waals surface area contributed by atoms with Crippen molar-refractivity contribution in [1.82, 2.24) is 0 Å². The van der Waals surface area contributed by atoms with Crippen molar-refractivity contribution in [2.24, 2.45) is 0 Å². The van der Waals surface area contributed by atoms with E-state index in [2.05, 4.69) is 30.4 Å². The van der Waals surface area contributed by atoms with Crippen molar-refractivity contribution in [1.29, 1.82) is 0 Å². The molecule has 0 aliphatic carbocycles. The van der Waals surface area contributed by atoms with Gasteiger partial charge in [-0.25, -0.2) is 0 Å². The lowest BCUT2D eigenvalue weighted by atomic mass is 10.1. The fraction of sp³-hybridized carbons (Fsp3) is 0.250. The molecule has 19 heavy (non-hydrogen) atoms. The van der Waals surface area contributed by atoms with Crippen LogP contribution in [0.5, 0.6) is 5.75 Å². The van der Waals surface area contributed by atoms with E-state index in [0.29, 0.717) is 6.10 Å². The van der Waals surface area contributed by atoms with Crippen LogP contribution in [0.4, 0.5) is 5.69 Å². The van der Waals surface area contributed by atoms with Gasteiger partial charge in [0.25, 0.3) is 0 Å². The first kappa shape index (κ1) is 12.4. The minimum absolute atomic E-state index is 0.297. The standard InChI is InChI=1S/C16H16ClNO/c1-11-7-13-8-12(5-6-16(13)19-11)10-18-15-4-2-3-14(17)9-15/h2-6,8-9,11,18H,7,10H2,1H3/t11-/m0/s1. The Bertz CT molecular complexity index is 597. The van der Waals surface area contributed by atoms with Gasteiger partial charge in [-0.05, 0) is 42.3 Å². The first-order valence-electron chi connectivity index (χ1n) is 6.48. The topological polar surface area (TPSA) is 21.3 Å². The summed E-state index contributed by atoms with van der Waals surface area (Å²) in [5.41, 5.74) is 3.60. The van der Waals surface area contributed by atoms with Crippen LogP contribution in [0.1, 0.15) is 18.1 Å². The molecule has 0 radical (unpaired) electrons. The normalized spacial score (nSPS) is 16.8. The van der Waals surface area contributed by atoms with E-state index in [-0.39, 0.29) is 0 Å². The first-order valence-corrected chi connectivity index (χ1v) is 6.86. The molecule has 1 N–H and O–H groups in total. The minimum Gasteiger partial charge on any atom is -0.490 e. The molecule has 98 valence electrons. The molecule has 0 aromatic heterocycles. The summed E-state index contributed by atoms with van der Waals surface area (Å²) in [6.45, 7) is 2.89. The highest BCUT2D eigenvalue weighted by atomic mass is 35.5. The SMILES string of the molecule is C[C@H]1Cc2cc(CNc3cccc(Cl)c3)ccc2O1. The molecular weight excluding hydrogens is 258 g/mol. The Morgan fingerprint density at radius 2 is 2.16 bits per heavy atom. The molecule has 0 saturated heterocycles. The fourth-order valence-corrected chi connectivity index (χ4v) is 2.58. The quantitative estimate of drug-likeness (QED) is 0.901. The molecule has 1 aliphatic rings. The summed E-state index contributed by atoms with van der Waals surface area (Å²) in [5, 5.41) is 4.13. The molecule has 3 rings (SSSR count). The first-order chi connectivity index (χ1) is 9.20. The average molecular weight is 274 g/mol. The summed E-state index contributed by atoms with van der Waals surface area (Å²) in [6.07, 6.45) is 1.30.